The number of rotatable bonds is 13. The highest BCUT2D eigenvalue weighted by Gasteiger charge is 2.53. The molecule has 0 radical (unpaired) electrons. The maximum atomic E-state index is 13.9. The number of aliphatic carboxylic acids is 1. The lowest BCUT2D eigenvalue weighted by atomic mass is 9.64. The third-order valence-electron chi connectivity index (χ3n) is 11.0. The van der Waals surface area contributed by atoms with Gasteiger partial charge in [-0.2, -0.15) is 0 Å². The van der Waals surface area contributed by atoms with Crippen LogP contribution in [0.1, 0.15) is 140 Å². The molecule has 7 nitrogen and oxygen atoms in total. The molecule has 0 aromatic carbocycles. The van der Waals surface area contributed by atoms with E-state index in [-0.39, 0.29) is 42.5 Å². The van der Waals surface area contributed by atoms with Crippen LogP contribution in [0.5, 0.6) is 0 Å². The molecule has 42 heavy (non-hydrogen) atoms. The summed E-state index contributed by atoms with van der Waals surface area (Å²) in [6, 6.07) is 0. The van der Waals surface area contributed by atoms with Crippen molar-refractivity contribution < 1.29 is 33.8 Å². The van der Waals surface area contributed by atoms with Gasteiger partial charge < -0.3 is 14.6 Å². The highest BCUT2D eigenvalue weighted by molar-refractivity contribution is 5.91. The van der Waals surface area contributed by atoms with E-state index in [2.05, 4.69) is 27.7 Å². The van der Waals surface area contributed by atoms with Crippen LogP contribution >= 0.6 is 0 Å². The van der Waals surface area contributed by atoms with Crippen LogP contribution in [0, 0.1) is 45.8 Å². The topological polar surface area (TPSA) is 107 Å². The maximum Gasteiger partial charge on any atom is 0.312 e. The largest absolute Gasteiger partial charge is 0.481 e. The molecule has 8 atom stereocenters. The lowest BCUT2D eigenvalue weighted by Crippen LogP contribution is -2.54. The number of carbonyl (C=O) groups excluding carboxylic acids is 3. The fourth-order valence-electron chi connectivity index (χ4n) is 7.74. The van der Waals surface area contributed by atoms with Gasteiger partial charge in [0.15, 0.2) is 11.4 Å². The van der Waals surface area contributed by atoms with Crippen molar-refractivity contribution in [2.24, 2.45) is 45.8 Å². The zero-order valence-corrected chi connectivity index (χ0v) is 28.4. The van der Waals surface area contributed by atoms with E-state index >= 15 is 0 Å². The van der Waals surface area contributed by atoms with Gasteiger partial charge in [0.1, 0.15) is 6.10 Å². The molecule has 0 saturated heterocycles. The Morgan fingerprint density at radius 2 is 1.57 bits per heavy atom. The number of carbonyl (C=O) groups is 4. The minimum atomic E-state index is -1.40. The molecular formula is C35H60O7. The van der Waals surface area contributed by atoms with Gasteiger partial charge in [-0.05, 0) is 103 Å². The fourth-order valence-corrected chi connectivity index (χ4v) is 7.74. The number of hydrogen-bond acceptors (Lipinski definition) is 6. The second kappa shape index (κ2) is 13.8. The summed E-state index contributed by atoms with van der Waals surface area (Å²) in [6.07, 6.45) is 5.94. The van der Waals surface area contributed by atoms with Crippen LogP contribution in [0.3, 0.4) is 0 Å². The van der Waals surface area contributed by atoms with Crippen molar-refractivity contribution in [2.45, 2.75) is 152 Å². The molecule has 2 fully saturated rings. The standard InChI is InChI=1S/C35H60O7/c1-12-24-18-25(13-2)35(11,28(36)19-24)42-31(40)33(9,14-3)21-34(10,29(37)38)20-32(7,8)30(39)41-27-17-23(6)15-16-26(27)22(4)5/h22-27H,12-21H2,1-11H3,(H,37,38). The van der Waals surface area contributed by atoms with Crippen molar-refractivity contribution >= 4 is 23.7 Å². The SMILES string of the molecule is CCC1CC(=O)C(C)(OC(=O)C(C)(CC)CC(C)(CC(C)(C)C(=O)OC2CC(C)CCC2C(C)C)C(=O)O)C(CC)C1. The summed E-state index contributed by atoms with van der Waals surface area (Å²) in [5.74, 6) is -0.706. The highest BCUT2D eigenvalue weighted by atomic mass is 16.6. The van der Waals surface area contributed by atoms with Gasteiger partial charge >= 0.3 is 17.9 Å². The first-order chi connectivity index (χ1) is 19.3. The van der Waals surface area contributed by atoms with E-state index in [0.717, 1.165) is 38.5 Å². The molecule has 242 valence electrons. The number of carboxylic acids is 1. The number of ketones is 1. The number of esters is 2. The molecule has 0 aromatic rings. The third-order valence-corrected chi connectivity index (χ3v) is 11.0. The van der Waals surface area contributed by atoms with E-state index in [1.54, 1.807) is 34.6 Å². The van der Waals surface area contributed by atoms with Crippen LogP contribution in [-0.4, -0.2) is 40.5 Å². The van der Waals surface area contributed by atoms with Crippen molar-refractivity contribution in [3.8, 4) is 0 Å². The molecule has 0 heterocycles. The number of Topliss-reactive ketones (excluding diaryl/α,β-unsaturated/α-hetero) is 1. The van der Waals surface area contributed by atoms with Gasteiger partial charge in [0.05, 0.1) is 16.2 Å². The minimum Gasteiger partial charge on any atom is -0.481 e. The second-order valence-corrected chi connectivity index (χ2v) is 15.5. The van der Waals surface area contributed by atoms with Crippen LogP contribution in [-0.2, 0) is 28.7 Å². The molecule has 2 aliphatic rings. The van der Waals surface area contributed by atoms with Crippen molar-refractivity contribution in [2.75, 3.05) is 0 Å². The summed E-state index contributed by atoms with van der Waals surface area (Å²) in [5.41, 5.74) is -4.86. The normalized spacial score (nSPS) is 31.6. The van der Waals surface area contributed by atoms with Crippen LogP contribution < -0.4 is 0 Å². The Morgan fingerprint density at radius 3 is 2.07 bits per heavy atom. The first-order valence-corrected chi connectivity index (χ1v) is 16.5. The molecular weight excluding hydrogens is 532 g/mol. The maximum absolute atomic E-state index is 13.9. The van der Waals surface area contributed by atoms with Gasteiger partial charge in [-0.1, -0.05) is 54.4 Å². The Hall–Kier alpha value is -1.92. The van der Waals surface area contributed by atoms with E-state index in [1.165, 1.54) is 0 Å². The zero-order valence-electron chi connectivity index (χ0n) is 28.4. The predicted molar refractivity (Wildman–Crippen MR) is 165 cm³/mol. The molecule has 0 aliphatic heterocycles. The summed E-state index contributed by atoms with van der Waals surface area (Å²) in [6.45, 7) is 21.0. The van der Waals surface area contributed by atoms with E-state index in [4.69, 9.17) is 9.47 Å². The van der Waals surface area contributed by atoms with Gasteiger partial charge in [0.2, 0.25) is 0 Å². The molecule has 2 saturated carbocycles. The molecule has 0 bridgehead atoms. The summed E-state index contributed by atoms with van der Waals surface area (Å²) in [5, 5.41) is 10.5. The molecule has 1 N–H and O–H groups in total. The van der Waals surface area contributed by atoms with E-state index in [1.807, 2.05) is 13.8 Å². The first-order valence-electron chi connectivity index (χ1n) is 16.5. The van der Waals surface area contributed by atoms with E-state index in [9.17, 15) is 24.3 Å². The highest BCUT2D eigenvalue weighted by Crippen LogP contribution is 2.48. The van der Waals surface area contributed by atoms with Crippen molar-refractivity contribution in [1.82, 2.24) is 0 Å². The third kappa shape index (κ3) is 7.96. The molecule has 8 unspecified atom stereocenters. The number of carboxylic acid groups (broad SMARTS) is 1. The smallest absolute Gasteiger partial charge is 0.312 e. The first kappa shape index (κ1) is 36.3. The van der Waals surface area contributed by atoms with Gasteiger partial charge in [-0.15, -0.1) is 0 Å². The summed E-state index contributed by atoms with van der Waals surface area (Å²) in [7, 11) is 0. The van der Waals surface area contributed by atoms with Gasteiger partial charge in [0.25, 0.3) is 0 Å². The van der Waals surface area contributed by atoms with E-state index in [0.29, 0.717) is 24.7 Å². The molecule has 7 heteroatoms. The van der Waals surface area contributed by atoms with Crippen molar-refractivity contribution in [3.63, 3.8) is 0 Å². The van der Waals surface area contributed by atoms with E-state index < -0.39 is 39.8 Å². The lowest BCUT2D eigenvalue weighted by Gasteiger charge is -2.45. The van der Waals surface area contributed by atoms with Crippen molar-refractivity contribution in [1.29, 1.82) is 0 Å². The van der Waals surface area contributed by atoms with Gasteiger partial charge in [0, 0.05) is 12.3 Å². The van der Waals surface area contributed by atoms with Crippen LogP contribution in [0.15, 0.2) is 0 Å². The molecule has 0 aromatic heterocycles. The van der Waals surface area contributed by atoms with Crippen LogP contribution in [0.4, 0.5) is 0 Å². The molecule has 0 spiro atoms. The summed E-state index contributed by atoms with van der Waals surface area (Å²) < 4.78 is 12.3. The Balaban J connectivity index is 2.27. The Bertz CT molecular complexity index is 986. The van der Waals surface area contributed by atoms with Crippen LogP contribution in [0.2, 0.25) is 0 Å². The monoisotopic (exact) mass is 592 g/mol. The Labute approximate surface area is 255 Å². The summed E-state index contributed by atoms with van der Waals surface area (Å²) >= 11 is 0. The minimum absolute atomic E-state index is 0.0115. The number of ether oxygens (including phenoxy) is 2. The summed E-state index contributed by atoms with van der Waals surface area (Å²) in [4.78, 5) is 53.6. The number of hydrogen-bond donors (Lipinski definition) is 1. The Morgan fingerprint density at radius 1 is 0.952 bits per heavy atom. The quantitative estimate of drug-likeness (QED) is 0.216. The lowest BCUT2D eigenvalue weighted by molar-refractivity contribution is -0.188. The molecule has 2 rings (SSSR count). The van der Waals surface area contributed by atoms with Crippen molar-refractivity contribution in [3.05, 3.63) is 0 Å². The molecule has 0 amide bonds. The van der Waals surface area contributed by atoms with Gasteiger partial charge in [-0.25, -0.2) is 0 Å². The second-order valence-electron chi connectivity index (χ2n) is 15.5. The average Bonchev–Trinajstić information content (AvgIpc) is 2.89. The van der Waals surface area contributed by atoms with Gasteiger partial charge in [-0.3, -0.25) is 19.2 Å². The fraction of sp³-hybridized carbons (Fsp3) is 0.886. The van der Waals surface area contributed by atoms with Crippen LogP contribution in [0.25, 0.3) is 0 Å². The Kier molecular flexibility index (Phi) is 11.9. The average molecular weight is 593 g/mol. The zero-order chi connectivity index (χ0) is 32.3. The molecule has 2 aliphatic carbocycles. The predicted octanol–water partition coefficient (Wildman–Crippen LogP) is 8.02.